The van der Waals surface area contributed by atoms with Gasteiger partial charge in [-0.1, -0.05) is 64.1 Å². The second kappa shape index (κ2) is 20.0. The molecule has 0 aliphatic heterocycles. The first-order valence-electron chi connectivity index (χ1n) is 12.4. The molecule has 2 aromatic carbocycles. The summed E-state index contributed by atoms with van der Waals surface area (Å²) in [4.78, 5) is 0. The number of hydrazone groups is 2. The van der Waals surface area contributed by atoms with E-state index in [0.717, 1.165) is 24.2 Å². The van der Waals surface area contributed by atoms with E-state index in [0.29, 0.717) is 47.5 Å². The first kappa shape index (κ1) is 33.8. The van der Waals surface area contributed by atoms with Gasteiger partial charge in [0.05, 0.1) is 34.2 Å². The van der Waals surface area contributed by atoms with E-state index in [4.69, 9.17) is 0 Å². The SMILES string of the molecule is CC(=N\Nc1ccccc1)/C(CCC(C)C)=N\[O-].CC(=N\Nc1ccccc1)/C(CCC(C)C)=N\[O-].[Cu+2]. The predicted molar refractivity (Wildman–Crippen MR) is 156 cm³/mol. The van der Waals surface area contributed by atoms with Crippen molar-refractivity contribution in [2.75, 3.05) is 10.9 Å². The predicted octanol–water partition coefficient (Wildman–Crippen LogP) is 7.70. The van der Waals surface area contributed by atoms with Crippen molar-refractivity contribution < 1.29 is 17.1 Å². The quantitative estimate of drug-likeness (QED) is 0.158. The van der Waals surface area contributed by atoms with Crippen LogP contribution < -0.4 is 10.9 Å². The summed E-state index contributed by atoms with van der Waals surface area (Å²) >= 11 is 0. The fourth-order valence-electron chi connectivity index (χ4n) is 2.89. The van der Waals surface area contributed by atoms with Crippen LogP contribution in [-0.4, -0.2) is 22.8 Å². The Morgan fingerprint density at radius 3 is 1.24 bits per heavy atom. The summed E-state index contributed by atoms with van der Waals surface area (Å²) in [7, 11) is 0. The van der Waals surface area contributed by atoms with Crippen molar-refractivity contribution in [2.45, 2.75) is 67.2 Å². The van der Waals surface area contributed by atoms with Gasteiger partial charge in [0, 0.05) is 0 Å². The van der Waals surface area contributed by atoms with Gasteiger partial charge < -0.3 is 20.7 Å². The molecule has 0 spiro atoms. The van der Waals surface area contributed by atoms with Crippen LogP contribution in [0, 0.1) is 22.3 Å². The standard InChI is InChI=1S/2C14H21N3O.Cu/c2*1-11(2)9-10-14(17-18)12(3)15-16-13-7-5-4-6-8-13;/h2*4-8,11,16,18H,9-10H2,1-3H3;/q;;+2/p-2/b2*15-12+,17-14-;. The number of rotatable bonds is 12. The zero-order valence-corrected chi connectivity index (χ0v) is 23.6. The fraction of sp³-hybridized carbons (Fsp3) is 0.429. The third-order valence-corrected chi connectivity index (χ3v) is 5.23. The maximum absolute atomic E-state index is 10.8. The molecule has 0 aliphatic carbocycles. The van der Waals surface area contributed by atoms with Crippen molar-refractivity contribution in [1.29, 1.82) is 0 Å². The van der Waals surface area contributed by atoms with E-state index in [2.05, 4.69) is 59.1 Å². The minimum atomic E-state index is 0. The Morgan fingerprint density at radius 1 is 0.649 bits per heavy atom. The third-order valence-electron chi connectivity index (χ3n) is 5.23. The number of hydrogen-bond donors (Lipinski definition) is 2. The van der Waals surface area contributed by atoms with Crippen molar-refractivity contribution in [3.8, 4) is 0 Å². The number of para-hydroxylation sites is 2. The van der Waals surface area contributed by atoms with Crippen LogP contribution in [0.1, 0.15) is 67.2 Å². The smallest absolute Gasteiger partial charge is 0.792 e. The molecule has 2 rings (SSSR count). The third kappa shape index (κ3) is 15.5. The summed E-state index contributed by atoms with van der Waals surface area (Å²) in [5.74, 6) is 1.10. The van der Waals surface area contributed by atoms with Gasteiger partial charge in [0.1, 0.15) is 0 Å². The van der Waals surface area contributed by atoms with Gasteiger partial charge in [-0.25, -0.2) is 0 Å². The second-order valence-electron chi connectivity index (χ2n) is 9.29. The van der Waals surface area contributed by atoms with E-state index in [-0.39, 0.29) is 17.1 Å². The molecule has 0 bridgehead atoms. The molecule has 0 heterocycles. The van der Waals surface area contributed by atoms with Gasteiger partial charge in [0.15, 0.2) is 0 Å². The summed E-state index contributed by atoms with van der Waals surface area (Å²) in [5, 5.41) is 36.0. The average molecular weight is 556 g/mol. The van der Waals surface area contributed by atoms with Crippen LogP contribution in [-0.2, 0) is 17.1 Å². The van der Waals surface area contributed by atoms with Crippen LogP contribution in [0.2, 0.25) is 0 Å². The Balaban J connectivity index is 0.000000682. The normalized spacial score (nSPS) is 12.5. The number of nitrogens with zero attached hydrogens (tertiary/aromatic N) is 4. The Labute approximate surface area is 232 Å². The molecular formula is C28H40CuN6O2. The second-order valence-corrected chi connectivity index (χ2v) is 9.29. The number of anilines is 2. The molecule has 0 aliphatic rings. The molecule has 0 saturated carbocycles. The van der Waals surface area contributed by atoms with E-state index < -0.39 is 0 Å². The van der Waals surface area contributed by atoms with Crippen LogP contribution in [0.25, 0.3) is 0 Å². The van der Waals surface area contributed by atoms with Gasteiger partial charge >= 0.3 is 17.1 Å². The molecule has 2 N–H and O–H groups in total. The zero-order chi connectivity index (χ0) is 26.8. The number of nitrogens with one attached hydrogen (secondary N) is 2. The van der Waals surface area contributed by atoms with Crippen molar-refractivity contribution in [3.05, 3.63) is 71.1 Å². The monoisotopic (exact) mass is 555 g/mol. The Hall–Kier alpha value is -3.16. The van der Waals surface area contributed by atoms with Crippen LogP contribution in [0.15, 0.2) is 81.2 Å². The molecule has 8 nitrogen and oxygen atoms in total. The summed E-state index contributed by atoms with van der Waals surface area (Å²) in [5.41, 5.74) is 9.96. The Bertz CT molecular complexity index is 909. The van der Waals surface area contributed by atoms with Crippen LogP contribution in [0.5, 0.6) is 0 Å². The number of hydrogen-bond acceptors (Lipinski definition) is 8. The first-order chi connectivity index (χ1) is 17.3. The van der Waals surface area contributed by atoms with E-state index in [9.17, 15) is 10.4 Å². The van der Waals surface area contributed by atoms with Crippen molar-refractivity contribution in [1.82, 2.24) is 0 Å². The molecule has 205 valence electrons. The van der Waals surface area contributed by atoms with Crippen molar-refractivity contribution >= 4 is 34.2 Å². The zero-order valence-electron chi connectivity index (χ0n) is 22.7. The van der Waals surface area contributed by atoms with Gasteiger partial charge in [-0.2, -0.15) is 10.2 Å². The van der Waals surface area contributed by atoms with Crippen molar-refractivity contribution in [2.24, 2.45) is 32.4 Å². The molecular weight excluding hydrogens is 516 g/mol. The van der Waals surface area contributed by atoms with Crippen LogP contribution in [0.4, 0.5) is 11.4 Å². The van der Waals surface area contributed by atoms with E-state index >= 15 is 0 Å². The molecule has 37 heavy (non-hydrogen) atoms. The van der Waals surface area contributed by atoms with E-state index in [1.165, 1.54) is 0 Å². The van der Waals surface area contributed by atoms with Crippen molar-refractivity contribution in [3.63, 3.8) is 0 Å². The van der Waals surface area contributed by atoms with E-state index in [1.54, 1.807) is 13.8 Å². The molecule has 2 aromatic rings. The maximum atomic E-state index is 10.8. The topological polar surface area (TPSA) is 120 Å². The fourth-order valence-corrected chi connectivity index (χ4v) is 2.89. The van der Waals surface area contributed by atoms with Gasteiger partial charge in [-0.15, -0.1) is 0 Å². The summed E-state index contributed by atoms with van der Waals surface area (Å²) in [6.07, 6.45) is 3.23. The first-order valence-corrected chi connectivity index (χ1v) is 12.4. The maximum Gasteiger partial charge on any atom is 2.00 e. The average Bonchev–Trinajstić information content (AvgIpc) is 2.88. The molecule has 9 heteroatoms. The van der Waals surface area contributed by atoms with E-state index in [1.807, 2.05) is 60.7 Å². The molecule has 0 saturated heterocycles. The van der Waals surface area contributed by atoms with Gasteiger partial charge in [-0.05, 0) is 75.6 Å². The molecule has 0 atom stereocenters. The number of benzene rings is 2. The van der Waals surface area contributed by atoms with Gasteiger partial charge in [-0.3, -0.25) is 10.9 Å². The molecule has 1 radical (unpaired) electrons. The van der Waals surface area contributed by atoms with Gasteiger partial charge in [0.25, 0.3) is 0 Å². The Kier molecular flexibility index (Phi) is 18.3. The van der Waals surface area contributed by atoms with Gasteiger partial charge in [0.2, 0.25) is 0 Å². The molecule has 0 aromatic heterocycles. The summed E-state index contributed by atoms with van der Waals surface area (Å²) in [6, 6.07) is 19.2. The van der Waals surface area contributed by atoms with Crippen LogP contribution >= 0.6 is 0 Å². The van der Waals surface area contributed by atoms with Crippen LogP contribution in [0.3, 0.4) is 0 Å². The molecule has 0 amide bonds. The summed E-state index contributed by atoms with van der Waals surface area (Å²) in [6.45, 7) is 12.1. The molecule has 0 unspecified atom stereocenters. The Morgan fingerprint density at radius 2 is 0.973 bits per heavy atom. The largest absolute Gasteiger partial charge is 2.00 e. The summed E-state index contributed by atoms with van der Waals surface area (Å²) < 4.78 is 0. The minimum Gasteiger partial charge on any atom is -0.792 e. The molecule has 0 fully saturated rings. The minimum absolute atomic E-state index is 0.